The van der Waals surface area contributed by atoms with Gasteiger partial charge in [0.15, 0.2) is 5.78 Å². The number of urea groups is 1. The second-order valence-corrected chi connectivity index (χ2v) is 10.9. The predicted molar refractivity (Wildman–Crippen MR) is 140 cm³/mol. The molecule has 2 atom stereocenters. The molecule has 0 spiro atoms. The number of hydrogen-bond acceptors (Lipinski definition) is 6. The molecule has 1 aromatic carbocycles. The minimum atomic E-state index is -0.722. The van der Waals surface area contributed by atoms with Gasteiger partial charge in [-0.1, -0.05) is 60.6 Å². The summed E-state index contributed by atoms with van der Waals surface area (Å²) in [7, 11) is 0. The smallest absolute Gasteiger partial charge is 0.333 e. The standard InChI is InChI=1S/C27H44N4O5/c1-8-27(6,7)24(34)21(28)13-14-22(32)30-31-25(35)29-15-16-36-20-11-9-19(10-12-20)17-18(2)23(33)26(3,4)5/h9-12,18,21H,8,13-17,28H2,1-7H3,(H,30,32)(H2,29,31,35). The monoisotopic (exact) mass is 504 g/mol. The molecule has 0 radical (unpaired) electrons. The summed E-state index contributed by atoms with van der Waals surface area (Å²) in [5.41, 5.74) is 10.6. The Kier molecular flexibility index (Phi) is 12.1. The molecule has 0 saturated carbocycles. The van der Waals surface area contributed by atoms with Crippen LogP contribution in [0.3, 0.4) is 0 Å². The van der Waals surface area contributed by atoms with Crippen LogP contribution in [0.2, 0.25) is 0 Å². The molecule has 0 bridgehead atoms. The molecule has 0 aliphatic carbocycles. The van der Waals surface area contributed by atoms with Crippen molar-refractivity contribution in [3.05, 3.63) is 29.8 Å². The number of carbonyl (C=O) groups is 4. The normalized spacial score (nSPS) is 13.3. The van der Waals surface area contributed by atoms with Gasteiger partial charge in [0.25, 0.3) is 0 Å². The van der Waals surface area contributed by atoms with E-state index in [4.69, 9.17) is 10.5 Å². The van der Waals surface area contributed by atoms with Crippen molar-refractivity contribution in [2.24, 2.45) is 22.5 Å². The van der Waals surface area contributed by atoms with Crippen LogP contribution in [0.5, 0.6) is 5.75 Å². The number of nitrogens with one attached hydrogen (secondary N) is 3. The van der Waals surface area contributed by atoms with Gasteiger partial charge >= 0.3 is 6.03 Å². The van der Waals surface area contributed by atoms with E-state index in [2.05, 4.69) is 16.2 Å². The molecule has 5 N–H and O–H groups in total. The average Bonchev–Trinajstić information content (AvgIpc) is 2.83. The van der Waals surface area contributed by atoms with E-state index in [1.165, 1.54) is 0 Å². The maximum atomic E-state index is 12.4. The first kappa shape index (κ1) is 31.1. The number of benzene rings is 1. The van der Waals surface area contributed by atoms with E-state index in [-0.39, 0.29) is 48.9 Å². The fraction of sp³-hybridized carbons (Fsp3) is 0.630. The maximum absolute atomic E-state index is 12.4. The second-order valence-electron chi connectivity index (χ2n) is 10.9. The summed E-state index contributed by atoms with van der Waals surface area (Å²) in [6, 6.07) is 6.23. The van der Waals surface area contributed by atoms with Crippen LogP contribution in [0.25, 0.3) is 0 Å². The highest BCUT2D eigenvalue weighted by molar-refractivity contribution is 5.89. The molecule has 3 amide bonds. The van der Waals surface area contributed by atoms with Crippen molar-refractivity contribution in [2.75, 3.05) is 13.2 Å². The Morgan fingerprint density at radius 1 is 0.972 bits per heavy atom. The highest BCUT2D eigenvalue weighted by Crippen LogP contribution is 2.24. The first-order valence-electron chi connectivity index (χ1n) is 12.6. The van der Waals surface area contributed by atoms with E-state index in [0.717, 1.165) is 5.56 Å². The van der Waals surface area contributed by atoms with Crippen LogP contribution in [0.15, 0.2) is 24.3 Å². The molecule has 0 heterocycles. The summed E-state index contributed by atoms with van der Waals surface area (Å²) in [4.78, 5) is 48.4. The Bertz CT molecular complexity index is 890. The quantitative estimate of drug-likeness (QED) is 0.240. The molecule has 0 fully saturated rings. The molecular weight excluding hydrogens is 460 g/mol. The van der Waals surface area contributed by atoms with Gasteiger partial charge in [0.2, 0.25) is 5.91 Å². The van der Waals surface area contributed by atoms with E-state index in [9.17, 15) is 19.2 Å². The molecule has 0 saturated heterocycles. The summed E-state index contributed by atoms with van der Waals surface area (Å²) < 4.78 is 5.63. The second kappa shape index (κ2) is 14.0. The van der Waals surface area contributed by atoms with Gasteiger partial charge < -0.3 is 15.8 Å². The molecule has 9 nitrogen and oxygen atoms in total. The van der Waals surface area contributed by atoms with Gasteiger partial charge in [-0.25, -0.2) is 10.2 Å². The fourth-order valence-electron chi connectivity index (χ4n) is 3.57. The zero-order valence-electron chi connectivity index (χ0n) is 22.8. The van der Waals surface area contributed by atoms with E-state index < -0.39 is 23.4 Å². The SMILES string of the molecule is CCC(C)(C)C(=O)C(N)CCC(=O)NNC(=O)NCCOc1ccc(CC(C)C(=O)C(C)(C)C)cc1. The lowest BCUT2D eigenvalue weighted by molar-refractivity contribution is -0.130. The highest BCUT2D eigenvalue weighted by atomic mass is 16.5. The maximum Gasteiger partial charge on any atom is 0.333 e. The third kappa shape index (κ3) is 10.8. The molecule has 9 heteroatoms. The molecule has 202 valence electrons. The Morgan fingerprint density at radius 2 is 1.58 bits per heavy atom. The van der Waals surface area contributed by atoms with Gasteiger partial charge in [-0.05, 0) is 37.0 Å². The Balaban J connectivity index is 2.27. The number of hydrazine groups is 1. The first-order chi connectivity index (χ1) is 16.7. The zero-order valence-corrected chi connectivity index (χ0v) is 22.8. The van der Waals surface area contributed by atoms with Crippen LogP contribution in [0, 0.1) is 16.7 Å². The zero-order chi connectivity index (χ0) is 27.5. The Hall–Kier alpha value is -2.94. The third-order valence-corrected chi connectivity index (χ3v) is 6.19. The lowest BCUT2D eigenvalue weighted by Crippen LogP contribution is -2.48. The van der Waals surface area contributed by atoms with Crippen LogP contribution in [-0.2, 0) is 20.8 Å². The molecule has 36 heavy (non-hydrogen) atoms. The molecule has 2 unspecified atom stereocenters. The third-order valence-electron chi connectivity index (χ3n) is 6.19. The highest BCUT2D eigenvalue weighted by Gasteiger charge is 2.30. The number of nitrogens with two attached hydrogens (primary N) is 1. The lowest BCUT2D eigenvalue weighted by atomic mass is 9.81. The lowest BCUT2D eigenvalue weighted by Gasteiger charge is -2.24. The summed E-state index contributed by atoms with van der Waals surface area (Å²) in [5, 5.41) is 2.58. The Morgan fingerprint density at radius 3 is 2.14 bits per heavy atom. The van der Waals surface area contributed by atoms with Crippen LogP contribution in [-0.4, -0.2) is 42.7 Å². The molecule has 0 aliphatic heterocycles. The summed E-state index contributed by atoms with van der Waals surface area (Å²) in [6.45, 7) is 13.8. The minimum absolute atomic E-state index is 0.0230. The van der Waals surface area contributed by atoms with Crippen LogP contribution in [0.1, 0.15) is 73.3 Å². The van der Waals surface area contributed by atoms with Gasteiger partial charge in [-0.15, -0.1) is 0 Å². The van der Waals surface area contributed by atoms with Gasteiger partial charge in [-0.3, -0.25) is 19.8 Å². The van der Waals surface area contributed by atoms with Crippen molar-refractivity contribution >= 4 is 23.5 Å². The topological polar surface area (TPSA) is 140 Å². The number of rotatable bonds is 13. The van der Waals surface area contributed by atoms with Crippen molar-refractivity contribution < 1.29 is 23.9 Å². The van der Waals surface area contributed by atoms with E-state index in [1.54, 1.807) is 0 Å². The van der Waals surface area contributed by atoms with Crippen LogP contribution in [0.4, 0.5) is 4.79 Å². The Labute approximate surface area is 215 Å². The van der Waals surface area contributed by atoms with Crippen molar-refractivity contribution in [1.82, 2.24) is 16.2 Å². The van der Waals surface area contributed by atoms with Crippen molar-refractivity contribution in [3.8, 4) is 5.75 Å². The van der Waals surface area contributed by atoms with Gasteiger partial charge in [0.1, 0.15) is 18.1 Å². The van der Waals surface area contributed by atoms with E-state index in [0.29, 0.717) is 18.6 Å². The molecule has 1 aromatic rings. The molecule has 0 aliphatic rings. The van der Waals surface area contributed by atoms with E-state index in [1.807, 2.05) is 72.7 Å². The van der Waals surface area contributed by atoms with Gasteiger partial charge in [0, 0.05) is 23.2 Å². The van der Waals surface area contributed by atoms with Crippen molar-refractivity contribution in [2.45, 2.75) is 80.2 Å². The number of hydrogen-bond donors (Lipinski definition) is 4. The van der Waals surface area contributed by atoms with Crippen LogP contribution >= 0.6 is 0 Å². The van der Waals surface area contributed by atoms with Gasteiger partial charge in [0.05, 0.1) is 12.6 Å². The number of amides is 3. The molecular formula is C27H44N4O5. The summed E-state index contributed by atoms with van der Waals surface area (Å²) in [5.74, 6) is 0.313. The summed E-state index contributed by atoms with van der Waals surface area (Å²) >= 11 is 0. The number of Topliss-reactive ketones (excluding diaryl/α,β-unsaturated/α-hetero) is 2. The van der Waals surface area contributed by atoms with Crippen LogP contribution < -0.4 is 26.6 Å². The molecule has 1 rings (SSSR count). The van der Waals surface area contributed by atoms with Crippen molar-refractivity contribution in [1.29, 1.82) is 0 Å². The first-order valence-corrected chi connectivity index (χ1v) is 12.6. The number of carbonyl (C=O) groups excluding carboxylic acids is 4. The fourth-order valence-corrected chi connectivity index (χ4v) is 3.57. The minimum Gasteiger partial charge on any atom is -0.492 e. The summed E-state index contributed by atoms with van der Waals surface area (Å²) in [6.07, 6.45) is 1.56. The van der Waals surface area contributed by atoms with E-state index >= 15 is 0 Å². The number of ketones is 2. The average molecular weight is 505 g/mol. The van der Waals surface area contributed by atoms with Gasteiger partial charge in [-0.2, -0.15) is 0 Å². The van der Waals surface area contributed by atoms with Crippen molar-refractivity contribution in [3.63, 3.8) is 0 Å². The molecule has 0 aromatic heterocycles. The number of ether oxygens (including phenoxy) is 1. The largest absolute Gasteiger partial charge is 0.492 e. The predicted octanol–water partition coefficient (Wildman–Crippen LogP) is 3.30.